The molecule has 1 heterocycles. The molecule has 0 saturated carbocycles. The van der Waals surface area contributed by atoms with Crippen molar-refractivity contribution in [3.63, 3.8) is 0 Å². The van der Waals surface area contributed by atoms with Gasteiger partial charge in [-0.25, -0.2) is 0 Å². The summed E-state index contributed by atoms with van der Waals surface area (Å²) in [5.41, 5.74) is 2.98. The van der Waals surface area contributed by atoms with Crippen LogP contribution in [0, 0.1) is 0 Å². The number of pyridine rings is 1. The van der Waals surface area contributed by atoms with Gasteiger partial charge >= 0.3 is 0 Å². The van der Waals surface area contributed by atoms with Crippen LogP contribution in [0.2, 0.25) is 0 Å². The first-order valence-electron chi connectivity index (χ1n) is 7.30. The fourth-order valence-corrected chi connectivity index (χ4v) is 2.38. The number of fused-ring (bicyclic) bond motifs is 1. The SMILES string of the molecule is CCOc1cc(CNc2cccc3cccnc23)ccc1O. The summed E-state index contributed by atoms with van der Waals surface area (Å²) in [5, 5.41) is 14.2. The Bertz CT molecular complexity index is 782. The second-order valence-electron chi connectivity index (χ2n) is 4.97. The van der Waals surface area contributed by atoms with E-state index in [2.05, 4.69) is 10.3 Å². The zero-order chi connectivity index (χ0) is 15.4. The minimum Gasteiger partial charge on any atom is -0.504 e. The van der Waals surface area contributed by atoms with Crippen LogP contribution >= 0.6 is 0 Å². The molecule has 1 aromatic heterocycles. The molecule has 4 nitrogen and oxygen atoms in total. The average molecular weight is 294 g/mol. The standard InChI is InChI=1S/C18H18N2O2/c1-2-22-17-11-13(8-9-16(17)21)12-20-15-7-3-5-14-6-4-10-19-18(14)15/h3-11,20-21H,2,12H2,1H3. The van der Waals surface area contributed by atoms with E-state index in [-0.39, 0.29) is 5.75 Å². The third-order valence-electron chi connectivity index (χ3n) is 3.44. The highest BCUT2D eigenvalue weighted by atomic mass is 16.5. The first kappa shape index (κ1) is 14.2. The molecule has 0 spiro atoms. The molecule has 2 aromatic carbocycles. The van der Waals surface area contributed by atoms with Gasteiger partial charge in [-0.3, -0.25) is 4.98 Å². The van der Waals surface area contributed by atoms with Gasteiger partial charge in [0.2, 0.25) is 0 Å². The van der Waals surface area contributed by atoms with Crippen LogP contribution in [0.1, 0.15) is 12.5 Å². The zero-order valence-electron chi connectivity index (χ0n) is 12.4. The monoisotopic (exact) mass is 294 g/mol. The van der Waals surface area contributed by atoms with Gasteiger partial charge in [-0.1, -0.05) is 24.3 Å². The van der Waals surface area contributed by atoms with Crippen LogP contribution in [-0.2, 0) is 6.54 Å². The number of benzene rings is 2. The summed E-state index contributed by atoms with van der Waals surface area (Å²) < 4.78 is 5.41. The van der Waals surface area contributed by atoms with Crippen molar-refractivity contribution < 1.29 is 9.84 Å². The van der Waals surface area contributed by atoms with E-state index >= 15 is 0 Å². The number of nitrogens with zero attached hydrogens (tertiary/aromatic N) is 1. The number of phenols is 1. The molecular weight excluding hydrogens is 276 g/mol. The van der Waals surface area contributed by atoms with Crippen LogP contribution in [-0.4, -0.2) is 16.7 Å². The Labute approximate surface area is 129 Å². The number of hydrogen-bond donors (Lipinski definition) is 2. The first-order chi connectivity index (χ1) is 10.8. The van der Waals surface area contributed by atoms with Crippen LogP contribution in [0.5, 0.6) is 11.5 Å². The molecule has 0 aliphatic heterocycles. The van der Waals surface area contributed by atoms with Crippen LogP contribution in [0.25, 0.3) is 10.9 Å². The maximum Gasteiger partial charge on any atom is 0.161 e. The minimum atomic E-state index is 0.164. The molecule has 3 rings (SSSR count). The predicted molar refractivity (Wildman–Crippen MR) is 88.3 cm³/mol. The van der Waals surface area contributed by atoms with Crippen molar-refractivity contribution in [3.05, 3.63) is 60.3 Å². The molecule has 0 radical (unpaired) electrons. The van der Waals surface area contributed by atoms with Gasteiger partial charge in [0.15, 0.2) is 11.5 Å². The van der Waals surface area contributed by atoms with Crippen LogP contribution < -0.4 is 10.1 Å². The fourth-order valence-electron chi connectivity index (χ4n) is 2.38. The van der Waals surface area contributed by atoms with E-state index in [9.17, 15) is 5.11 Å². The molecule has 0 unspecified atom stereocenters. The average Bonchev–Trinajstić information content (AvgIpc) is 2.56. The van der Waals surface area contributed by atoms with Crippen molar-refractivity contribution in [1.29, 1.82) is 0 Å². The summed E-state index contributed by atoms with van der Waals surface area (Å²) in [6.07, 6.45) is 1.79. The molecular formula is C18H18N2O2. The maximum absolute atomic E-state index is 9.74. The number of hydrogen-bond acceptors (Lipinski definition) is 4. The molecule has 0 aliphatic rings. The van der Waals surface area contributed by atoms with Crippen molar-refractivity contribution in [3.8, 4) is 11.5 Å². The number of ether oxygens (including phenoxy) is 1. The molecule has 0 saturated heterocycles. The van der Waals surface area contributed by atoms with E-state index in [4.69, 9.17) is 4.74 Å². The van der Waals surface area contributed by atoms with Gasteiger partial charge in [0.1, 0.15) is 0 Å². The smallest absolute Gasteiger partial charge is 0.161 e. The van der Waals surface area contributed by atoms with Crippen molar-refractivity contribution in [2.24, 2.45) is 0 Å². The number of phenolic OH excluding ortho intramolecular Hbond substituents is 1. The summed E-state index contributed by atoms with van der Waals surface area (Å²) >= 11 is 0. The van der Waals surface area contributed by atoms with E-state index < -0.39 is 0 Å². The van der Waals surface area contributed by atoms with Gasteiger partial charge < -0.3 is 15.2 Å². The number of anilines is 1. The maximum atomic E-state index is 9.74. The summed E-state index contributed by atoms with van der Waals surface area (Å²) in [6, 6.07) is 15.4. The number of nitrogens with one attached hydrogen (secondary N) is 1. The van der Waals surface area contributed by atoms with E-state index in [1.807, 2.05) is 49.4 Å². The topological polar surface area (TPSA) is 54.4 Å². The summed E-state index contributed by atoms with van der Waals surface area (Å²) in [7, 11) is 0. The lowest BCUT2D eigenvalue weighted by Gasteiger charge is -2.11. The summed E-state index contributed by atoms with van der Waals surface area (Å²) in [4.78, 5) is 4.43. The normalized spacial score (nSPS) is 10.6. The van der Waals surface area contributed by atoms with E-state index in [1.54, 1.807) is 12.3 Å². The second-order valence-corrected chi connectivity index (χ2v) is 4.97. The molecule has 0 amide bonds. The van der Waals surface area contributed by atoms with Crippen LogP contribution in [0.4, 0.5) is 5.69 Å². The highest BCUT2D eigenvalue weighted by molar-refractivity contribution is 5.90. The highest BCUT2D eigenvalue weighted by Crippen LogP contribution is 2.27. The lowest BCUT2D eigenvalue weighted by atomic mass is 10.1. The first-order valence-corrected chi connectivity index (χ1v) is 7.30. The van der Waals surface area contributed by atoms with E-state index in [0.29, 0.717) is 18.9 Å². The number of aromatic nitrogens is 1. The minimum absolute atomic E-state index is 0.164. The molecule has 0 fully saturated rings. The number of aromatic hydroxyl groups is 1. The fraction of sp³-hybridized carbons (Fsp3) is 0.167. The molecule has 0 bridgehead atoms. The molecule has 22 heavy (non-hydrogen) atoms. The van der Waals surface area contributed by atoms with Crippen molar-refractivity contribution >= 4 is 16.6 Å². The van der Waals surface area contributed by atoms with Gasteiger partial charge in [0, 0.05) is 18.1 Å². The molecule has 3 aromatic rings. The van der Waals surface area contributed by atoms with Gasteiger partial charge in [0.25, 0.3) is 0 Å². The Morgan fingerprint density at radius 2 is 2.00 bits per heavy atom. The van der Waals surface area contributed by atoms with Crippen molar-refractivity contribution in [2.75, 3.05) is 11.9 Å². The summed E-state index contributed by atoms with van der Waals surface area (Å²) in [6.45, 7) is 3.06. The molecule has 4 heteroatoms. The van der Waals surface area contributed by atoms with Crippen LogP contribution in [0.3, 0.4) is 0 Å². The summed E-state index contributed by atoms with van der Waals surface area (Å²) in [5.74, 6) is 0.676. The Hall–Kier alpha value is -2.75. The van der Waals surface area contributed by atoms with Gasteiger partial charge in [0.05, 0.1) is 17.8 Å². The predicted octanol–water partition coefficient (Wildman–Crippen LogP) is 3.95. The lowest BCUT2D eigenvalue weighted by molar-refractivity contribution is 0.318. The van der Waals surface area contributed by atoms with E-state index in [0.717, 1.165) is 22.2 Å². The van der Waals surface area contributed by atoms with Gasteiger partial charge in [-0.15, -0.1) is 0 Å². The molecule has 0 aliphatic carbocycles. The Balaban J connectivity index is 1.81. The van der Waals surface area contributed by atoms with Crippen molar-refractivity contribution in [2.45, 2.75) is 13.5 Å². The molecule has 0 atom stereocenters. The van der Waals surface area contributed by atoms with Gasteiger partial charge in [-0.05, 0) is 36.8 Å². The van der Waals surface area contributed by atoms with Crippen molar-refractivity contribution in [1.82, 2.24) is 4.98 Å². The van der Waals surface area contributed by atoms with E-state index in [1.165, 1.54) is 0 Å². The lowest BCUT2D eigenvalue weighted by Crippen LogP contribution is -2.01. The number of rotatable bonds is 5. The second kappa shape index (κ2) is 6.35. The molecule has 2 N–H and O–H groups in total. The zero-order valence-corrected chi connectivity index (χ0v) is 12.4. The Morgan fingerprint density at radius 1 is 1.14 bits per heavy atom. The van der Waals surface area contributed by atoms with Gasteiger partial charge in [-0.2, -0.15) is 0 Å². The third-order valence-corrected chi connectivity index (χ3v) is 3.44. The number of para-hydroxylation sites is 1. The highest BCUT2D eigenvalue weighted by Gasteiger charge is 2.05. The molecule has 112 valence electrons. The third kappa shape index (κ3) is 2.96. The Kier molecular flexibility index (Phi) is 4.10. The quantitative estimate of drug-likeness (QED) is 0.748. The Morgan fingerprint density at radius 3 is 2.86 bits per heavy atom. The van der Waals surface area contributed by atoms with Crippen LogP contribution in [0.15, 0.2) is 54.7 Å². The largest absolute Gasteiger partial charge is 0.504 e.